The Morgan fingerprint density at radius 3 is 0.164 bits per heavy atom. The highest BCUT2D eigenvalue weighted by atomic mass is 18.1. The minimum absolute atomic E-state index is 0.206. The van der Waals surface area contributed by atoms with Gasteiger partial charge in [0.05, 0.1) is 0 Å². The van der Waals surface area contributed by atoms with Gasteiger partial charge in [0.1, 0.15) is 0 Å². The van der Waals surface area contributed by atoms with Gasteiger partial charge in [-0.15, -0.1) is 0 Å². The van der Waals surface area contributed by atoms with Crippen molar-refractivity contribution in [2.24, 2.45) is 0 Å². The smallest absolute Gasteiger partial charge is 0.270 e. The Hall–Kier alpha value is -5.77. The maximum absolute atomic E-state index is 9.61. The van der Waals surface area contributed by atoms with Crippen LogP contribution < -0.4 is 0 Å². The summed E-state index contributed by atoms with van der Waals surface area (Å²) in [5, 5.41) is 461. The predicted molar refractivity (Wildman–Crippen MR) is 151 cm³/mol. The first-order chi connectivity index (χ1) is 66.9. The first-order valence-electron chi connectivity index (χ1n) is 22.3. The van der Waals surface area contributed by atoms with Gasteiger partial charge in [-0.2, -0.15) is 0 Å². The standard InChI is InChI=1S/CH2O133/c2-1-4-6-8-10-12-14-16-18-20-22-24-26-28-30-32-34-36-38-40-42-44-46-48-50-52-54-56-58-60-62-64-66-68-70-72-74-76-78-80-82-84-86-88-90-92-94-96-98-100-102-104-106-108-110-112-114-116-118-120-122-124-126-128-130-132-134-133-131-129-127-125-123-121-119-117-115-113-111-109-107-105-103-101-99-97-95-93-91-89-87-85-83-81-79-77-75-73-71-69-67-65-63-61-59-57-55-53-51-49-47-45-43-41-39-37-35-33-31-29-27-25-23-21-19-17-15-13-11-9-7-5-3/h1,3H. The average molecular weight is 2140 g/mol. The van der Waals surface area contributed by atoms with Gasteiger partial charge in [-0.1, -0.05) is 0 Å². The van der Waals surface area contributed by atoms with Crippen molar-refractivity contribution >= 4 is 6.47 Å². The number of carbonyl (C=O) groups excluding carboxylic acids is 1. The number of hydrogen-bond donors (Lipinski definition) is 1. The summed E-state index contributed by atoms with van der Waals surface area (Å²) in [5.74, 6) is 0. The van der Waals surface area contributed by atoms with Crippen molar-refractivity contribution < 1.29 is 670 Å². The summed E-state index contributed by atoms with van der Waals surface area (Å²) in [7, 11) is 0. The Kier molecular flexibility index (Phi) is 122. The SMILES string of the molecule is O=COOOOOOOOOOOOOOOOOOOOOOOOOOOOOOOOOOOOOOOOOOOOOOOOOOOOOOOOOOOOOOOOOOOOOOOOOOOOOOOOOOOOOOOOOOOOOOOOOOOOOOOOOOOOOOOOOOOOOOOOOOOOOOOOOOOO. The summed E-state index contributed by atoms with van der Waals surface area (Å²) in [5.41, 5.74) is 0. The highest BCUT2D eigenvalue weighted by Crippen LogP contribution is 2.06. The van der Waals surface area contributed by atoms with E-state index in [1.54, 1.807) is 0 Å². The number of rotatable bonds is 131. The van der Waals surface area contributed by atoms with E-state index in [1.807, 2.05) is 0 Å². The zero-order chi connectivity index (χ0) is 95.3. The van der Waals surface area contributed by atoms with Crippen LogP contribution in [0.2, 0.25) is 0 Å². The minimum atomic E-state index is -0.206. The zero-order valence-corrected chi connectivity index (χ0v) is 54.9. The van der Waals surface area contributed by atoms with E-state index < -0.39 is 0 Å². The second-order valence-electron chi connectivity index (χ2n) is 9.04. The van der Waals surface area contributed by atoms with E-state index in [9.17, 15) is 4.79 Å². The fourth-order valence-electron chi connectivity index (χ4n) is 1.48. The Morgan fingerprint density at radius 1 is 0.0746 bits per heavy atom. The number of carbonyl (C=O) groups is 1. The van der Waals surface area contributed by atoms with Crippen LogP contribution in [0.5, 0.6) is 0 Å². The third kappa shape index (κ3) is 126. The highest BCUT2D eigenvalue weighted by Gasteiger charge is 2.13. The van der Waals surface area contributed by atoms with Crippen LogP contribution in [0.25, 0.3) is 0 Å². The summed E-state index contributed by atoms with van der Waals surface area (Å²) in [6.07, 6.45) is 0. The molecular weight excluding hydrogens is 2140 g/mol. The van der Waals surface area contributed by atoms with Gasteiger partial charge in [-0.25, -0.2) is 5.26 Å². The normalized spacial score (nSPS) is 11.8. The summed E-state index contributed by atoms with van der Waals surface area (Å²) < 4.78 is 0. The molecule has 0 amide bonds. The van der Waals surface area contributed by atoms with Gasteiger partial charge in [0, 0.05) is 615 Å². The van der Waals surface area contributed by atoms with E-state index in [-0.39, 0.29) is 6.47 Å². The third-order valence-corrected chi connectivity index (χ3v) is 3.66. The van der Waals surface area contributed by atoms with Gasteiger partial charge in [0.2, 0.25) is 0 Å². The van der Waals surface area contributed by atoms with Crippen LogP contribution in [0.4, 0.5) is 0 Å². The molecule has 133 heteroatoms. The monoisotopic (exact) mass is 2140 g/mol. The van der Waals surface area contributed by atoms with Crippen LogP contribution in [0.1, 0.15) is 0 Å². The molecule has 0 saturated carbocycles. The molecule has 0 fully saturated rings. The van der Waals surface area contributed by atoms with Gasteiger partial charge >= 0.3 is 6.47 Å². The van der Waals surface area contributed by atoms with E-state index in [4.69, 9.17) is 5.26 Å². The maximum atomic E-state index is 9.61. The third-order valence-electron chi connectivity index (χ3n) is 3.66. The first-order valence-corrected chi connectivity index (χ1v) is 22.3. The summed E-state index contributed by atoms with van der Waals surface area (Å²) >= 11 is 0. The quantitative estimate of drug-likeness (QED) is 0.0256. The predicted octanol–water partition coefficient (Wildman–Crippen LogP) is -9.26. The first kappa shape index (κ1) is 128. The molecule has 804 valence electrons. The summed E-state index contributed by atoms with van der Waals surface area (Å²) in [4.78, 5) is 13.1. The van der Waals surface area contributed by atoms with E-state index in [1.165, 1.54) is 0 Å². The molecule has 0 aromatic heterocycles. The molecular formula is CH2O133. The topological polar surface area (TPSA) is 1250 Å². The molecule has 0 aromatic carbocycles. The van der Waals surface area contributed by atoms with Crippen molar-refractivity contribution in [1.82, 2.24) is 0 Å². The Balaban J connectivity index is 3.10. The summed E-state index contributed by atoms with van der Waals surface area (Å²) in [6.45, 7) is -0.206. The van der Waals surface area contributed by atoms with Gasteiger partial charge in [0.25, 0.3) is 0 Å². The molecule has 0 spiro atoms. The molecule has 0 bridgehead atoms. The molecule has 0 rings (SSSR count). The van der Waals surface area contributed by atoms with Crippen molar-refractivity contribution in [3.63, 3.8) is 0 Å². The van der Waals surface area contributed by atoms with Gasteiger partial charge in [-0.3, -0.25) is 9.68 Å². The van der Waals surface area contributed by atoms with Crippen LogP contribution in [0, 0.1) is 0 Å². The van der Waals surface area contributed by atoms with Crippen molar-refractivity contribution in [2.75, 3.05) is 0 Å². The van der Waals surface area contributed by atoms with Crippen LogP contribution in [-0.4, -0.2) is 11.7 Å². The van der Waals surface area contributed by atoms with Crippen molar-refractivity contribution in [3.05, 3.63) is 0 Å². The lowest BCUT2D eigenvalue weighted by Gasteiger charge is -2.00. The molecule has 1 N–H and O–H groups in total. The van der Waals surface area contributed by atoms with Crippen LogP contribution in [0.15, 0.2) is 0 Å². The van der Waals surface area contributed by atoms with Crippen molar-refractivity contribution in [1.29, 1.82) is 0 Å². The molecule has 0 aromatic rings. The van der Waals surface area contributed by atoms with E-state index in [0.29, 0.717) is 0 Å². The Morgan fingerprint density at radius 2 is 0.119 bits per heavy atom. The molecule has 133 nitrogen and oxygen atoms in total. The Labute approximate surface area is 678 Å². The lowest BCUT2D eigenvalue weighted by atomic mass is 11.7. The molecule has 0 unspecified atom stereocenters. The summed E-state index contributed by atoms with van der Waals surface area (Å²) in [6, 6.07) is 0. The van der Waals surface area contributed by atoms with Crippen molar-refractivity contribution in [3.8, 4) is 0 Å². The number of hydrogen-bond acceptors (Lipinski definition) is 133. The molecule has 0 aliphatic rings. The molecule has 0 radical (unpaired) electrons. The molecule has 0 atom stereocenters. The van der Waals surface area contributed by atoms with Crippen LogP contribution in [-0.2, 0) is 665 Å². The fourth-order valence-corrected chi connectivity index (χ4v) is 1.48. The Bertz CT molecular complexity index is 1740. The average Bonchev–Trinajstić information content (AvgIpc) is 1.13. The lowest BCUT2D eigenvalue weighted by molar-refractivity contribution is -0.913. The van der Waals surface area contributed by atoms with Gasteiger partial charge < -0.3 is 0 Å². The maximum Gasteiger partial charge on any atom is 0.334 e. The lowest BCUT2D eigenvalue weighted by Crippen LogP contribution is -2.07. The van der Waals surface area contributed by atoms with Crippen LogP contribution in [0.3, 0.4) is 0 Å². The zero-order valence-electron chi connectivity index (χ0n) is 54.9. The second-order valence-corrected chi connectivity index (χ2v) is 9.04. The molecule has 0 aliphatic carbocycles. The minimum Gasteiger partial charge on any atom is -0.270 e. The van der Waals surface area contributed by atoms with E-state index in [2.05, 4.69) is 660 Å². The van der Waals surface area contributed by atoms with Crippen molar-refractivity contribution in [2.45, 2.75) is 0 Å². The molecule has 0 heterocycles. The largest absolute Gasteiger partial charge is 0.334 e. The highest BCUT2D eigenvalue weighted by molar-refractivity contribution is 5.35. The fraction of sp³-hybridized carbons (Fsp3) is 0. The van der Waals surface area contributed by atoms with E-state index in [0.717, 1.165) is 0 Å². The molecule has 0 aliphatic heterocycles. The van der Waals surface area contributed by atoms with Gasteiger partial charge in [0.15, 0.2) is 0 Å². The second kappa shape index (κ2) is 127. The molecule has 0 saturated heterocycles. The van der Waals surface area contributed by atoms with Gasteiger partial charge in [-0.05, 0) is 40.3 Å². The molecule has 134 heavy (non-hydrogen) atoms. The van der Waals surface area contributed by atoms with Crippen LogP contribution >= 0.6 is 0 Å². The van der Waals surface area contributed by atoms with E-state index >= 15 is 0 Å².